The fraction of sp³-hybridized carbons (Fsp3) is 0.259. The van der Waals surface area contributed by atoms with Gasteiger partial charge in [-0.2, -0.15) is 0 Å². The van der Waals surface area contributed by atoms with Gasteiger partial charge in [0.05, 0.1) is 17.2 Å². The zero-order chi connectivity index (χ0) is 23.2. The Morgan fingerprint density at radius 3 is 2.58 bits per heavy atom. The van der Waals surface area contributed by atoms with Gasteiger partial charge in [0, 0.05) is 18.0 Å². The van der Waals surface area contributed by atoms with Crippen molar-refractivity contribution in [3.8, 4) is 17.6 Å². The molecule has 1 unspecified atom stereocenters. The summed E-state index contributed by atoms with van der Waals surface area (Å²) in [7, 11) is 0. The number of carboxylic acids is 1. The summed E-state index contributed by atoms with van der Waals surface area (Å²) in [6.07, 6.45) is 0.853. The average molecular weight is 460 g/mol. The Morgan fingerprint density at radius 2 is 1.85 bits per heavy atom. The van der Waals surface area contributed by atoms with Crippen LogP contribution in [0, 0.1) is 11.8 Å². The highest BCUT2D eigenvalue weighted by Gasteiger charge is 2.22. The second-order valence-electron chi connectivity index (χ2n) is 7.91. The Balaban J connectivity index is 1.35. The zero-order valence-corrected chi connectivity index (χ0v) is 19.2. The normalized spacial score (nSPS) is 13.4. The van der Waals surface area contributed by atoms with Gasteiger partial charge in [0.2, 0.25) is 0 Å². The minimum Gasteiger partial charge on any atom is -0.488 e. The number of ether oxygens (including phenoxy) is 1. The number of aliphatic carboxylic acids is 1. The molecule has 1 atom stereocenters. The van der Waals surface area contributed by atoms with Crippen LogP contribution < -0.4 is 4.74 Å². The summed E-state index contributed by atoms with van der Waals surface area (Å²) in [5.41, 5.74) is 3.39. The molecule has 5 nitrogen and oxygen atoms in total. The lowest BCUT2D eigenvalue weighted by molar-refractivity contribution is -0.137. The Hall–Kier alpha value is -3.56. The van der Waals surface area contributed by atoms with Crippen LogP contribution in [0.15, 0.2) is 60.7 Å². The molecule has 0 fully saturated rings. The second-order valence-corrected chi connectivity index (χ2v) is 9.08. The van der Waals surface area contributed by atoms with Crippen LogP contribution in [0.4, 0.5) is 0 Å². The summed E-state index contributed by atoms with van der Waals surface area (Å²) in [6.45, 7) is 3.46. The topological polar surface area (TPSA) is 66.8 Å². The molecule has 4 rings (SSSR count). The predicted octanol–water partition coefficient (Wildman–Crippen LogP) is 5.11. The summed E-state index contributed by atoms with van der Waals surface area (Å²) < 4.78 is 5.89. The Kier molecular flexibility index (Phi) is 7.11. The lowest BCUT2D eigenvalue weighted by Gasteiger charge is -2.28. The molecule has 1 amide bonds. The Bertz CT molecular complexity index is 1200. The summed E-state index contributed by atoms with van der Waals surface area (Å²) in [4.78, 5) is 27.6. The molecule has 1 N–H and O–H groups in total. The standard InChI is InChI=1S/C27H25NO4S/c1-2-5-21(16-26(29)30)20-8-10-23(11-9-20)32-18-24-12-13-25(33-24)27(31)28-15-14-19-6-3-4-7-22(19)17-28/h3-4,6-13,21H,14-18H2,1H3,(H,29,30). The summed E-state index contributed by atoms with van der Waals surface area (Å²) >= 11 is 1.46. The van der Waals surface area contributed by atoms with Crippen LogP contribution in [0.25, 0.3) is 0 Å². The first-order valence-corrected chi connectivity index (χ1v) is 11.7. The predicted molar refractivity (Wildman–Crippen MR) is 128 cm³/mol. The quantitative estimate of drug-likeness (QED) is 0.499. The third-order valence-electron chi connectivity index (χ3n) is 5.65. The van der Waals surface area contributed by atoms with Gasteiger partial charge >= 0.3 is 5.97 Å². The molecular weight excluding hydrogens is 434 g/mol. The average Bonchev–Trinajstić information content (AvgIpc) is 3.31. The van der Waals surface area contributed by atoms with E-state index in [1.165, 1.54) is 22.5 Å². The first kappa shape index (κ1) is 22.6. The number of nitrogens with zero attached hydrogens (tertiary/aromatic N) is 1. The number of carbonyl (C=O) groups excluding carboxylic acids is 1. The Labute approximate surface area is 197 Å². The highest BCUT2D eigenvalue weighted by Crippen LogP contribution is 2.26. The van der Waals surface area contributed by atoms with Crippen LogP contribution in [0.1, 0.15) is 50.5 Å². The fourth-order valence-corrected chi connectivity index (χ4v) is 4.84. The van der Waals surface area contributed by atoms with Gasteiger partial charge in [0.15, 0.2) is 0 Å². The zero-order valence-electron chi connectivity index (χ0n) is 18.4. The largest absolute Gasteiger partial charge is 0.488 e. The van der Waals surface area contributed by atoms with Crippen molar-refractivity contribution in [3.63, 3.8) is 0 Å². The van der Waals surface area contributed by atoms with Crippen molar-refractivity contribution in [1.29, 1.82) is 0 Å². The number of amides is 1. The third kappa shape index (κ3) is 5.63. The van der Waals surface area contributed by atoms with E-state index in [0.29, 0.717) is 18.9 Å². The van der Waals surface area contributed by atoms with Crippen molar-refractivity contribution in [3.05, 3.63) is 87.1 Å². The number of benzene rings is 2. The van der Waals surface area contributed by atoms with Gasteiger partial charge in [-0.05, 0) is 54.3 Å². The summed E-state index contributed by atoms with van der Waals surface area (Å²) in [5, 5.41) is 9.09. The van der Waals surface area contributed by atoms with E-state index in [4.69, 9.17) is 9.84 Å². The number of rotatable bonds is 7. The summed E-state index contributed by atoms with van der Waals surface area (Å²) in [6, 6.07) is 19.4. The molecule has 33 heavy (non-hydrogen) atoms. The monoisotopic (exact) mass is 459 g/mol. The molecule has 168 valence electrons. The molecule has 0 saturated carbocycles. The number of fused-ring (bicyclic) bond motifs is 1. The molecule has 2 aromatic carbocycles. The van der Waals surface area contributed by atoms with Crippen LogP contribution in [0.3, 0.4) is 0 Å². The van der Waals surface area contributed by atoms with Crippen molar-refractivity contribution < 1.29 is 19.4 Å². The minimum atomic E-state index is -0.875. The van der Waals surface area contributed by atoms with Crippen LogP contribution in [-0.2, 0) is 24.4 Å². The molecule has 0 spiro atoms. The highest BCUT2D eigenvalue weighted by molar-refractivity contribution is 7.14. The van der Waals surface area contributed by atoms with Crippen LogP contribution >= 0.6 is 11.3 Å². The number of thiophene rings is 1. The Morgan fingerprint density at radius 1 is 1.09 bits per heavy atom. The van der Waals surface area contributed by atoms with Crippen LogP contribution in [0.5, 0.6) is 5.75 Å². The number of carboxylic acid groups (broad SMARTS) is 1. The molecule has 0 saturated heterocycles. The molecule has 2 heterocycles. The van der Waals surface area contributed by atoms with Crippen molar-refractivity contribution in [2.24, 2.45) is 0 Å². The van der Waals surface area contributed by atoms with E-state index in [-0.39, 0.29) is 18.2 Å². The van der Waals surface area contributed by atoms with Crippen molar-refractivity contribution >= 4 is 23.2 Å². The van der Waals surface area contributed by atoms with E-state index < -0.39 is 5.97 Å². The van der Waals surface area contributed by atoms with E-state index in [9.17, 15) is 9.59 Å². The lowest BCUT2D eigenvalue weighted by Crippen LogP contribution is -2.35. The van der Waals surface area contributed by atoms with Gasteiger partial charge < -0.3 is 14.7 Å². The van der Waals surface area contributed by atoms with E-state index in [2.05, 4.69) is 24.0 Å². The maximum atomic E-state index is 13.0. The van der Waals surface area contributed by atoms with Crippen LogP contribution in [-0.4, -0.2) is 28.4 Å². The molecule has 1 aromatic heterocycles. The first-order chi connectivity index (χ1) is 16.0. The second kappa shape index (κ2) is 10.4. The van der Waals surface area contributed by atoms with Crippen molar-refractivity contribution in [2.75, 3.05) is 6.54 Å². The highest BCUT2D eigenvalue weighted by atomic mass is 32.1. The van der Waals surface area contributed by atoms with Crippen molar-refractivity contribution in [1.82, 2.24) is 4.90 Å². The lowest BCUT2D eigenvalue weighted by atomic mass is 9.96. The maximum Gasteiger partial charge on any atom is 0.304 e. The summed E-state index contributed by atoms with van der Waals surface area (Å²) in [5.74, 6) is 5.28. The molecule has 1 aliphatic heterocycles. The molecule has 0 bridgehead atoms. The van der Waals surface area contributed by atoms with Crippen LogP contribution in [0.2, 0.25) is 0 Å². The molecule has 0 radical (unpaired) electrons. The smallest absolute Gasteiger partial charge is 0.304 e. The van der Waals surface area contributed by atoms with Gasteiger partial charge in [-0.3, -0.25) is 9.59 Å². The number of hydrogen-bond acceptors (Lipinski definition) is 4. The van der Waals surface area contributed by atoms with Gasteiger partial charge in [0.25, 0.3) is 5.91 Å². The first-order valence-electron chi connectivity index (χ1n) is 10.8. The van der Waals surface area contributed by atoms with E-state index in [1.54, 1.807) is 6.92 Å². The minimum absolute atomic E-state index is 0.0321. The van der Waals surface area contributed by atoms with Gasteiger partial charge in [-0.25, -0.2) is 0 Å². The van der Waals surface area contributed by atoms with E-state index >= 15 is 0 Å². The molecule has 6 heteroatoms. The van der Waals surface area contributed by atoms with Crippen molar-refractivity contribution in [2.45, 2.75) is 38.8 Å². The molecule has 1 aliphatic rings. The maximum absolute atomic E-state index is 13.0. The van der Waals surface area contributed by atoms with E-state index in [1.807, 2.05) is 53.4 Å². The molecule has 0 aliphatic carbocycles. The van der Waals surface area contributed by atoms with Gasteiger partial charge in [0.1, 0.15) is 12.4 Å². The molecule has 3 aromatic rings. The SMILES string of the molecule is CC#CC(CC(=O)O)c1ccc(OCc2ccc(C(=O)N3CCc4ccccc4C3)s2)cc1. The number of hydrogen-bond donors (Lipinski definition) is 1. The third-order valence-corrected chi connectivity index (χ3v) is 6.70. The molecular formula is C27H25NO4S. The van der Waals surface area contributed by atoms with Gasteiger partial charge in [-0.1, -0.05) is 42.3 Å². The van der Waals surface area contributed by atoms with Gasteiger partial charge in [-0.15, -0.1) is 17.3 Å². The number of carbonyl (C=O) groups is 2. The van der Waals surface area contributed by atoms with E-state index in [0.717, 1.165) is 28.3 Å². The fourth-order valence-electron chi connectivity index (χ4n) is 3.95.